The third kappa shape index (κ3) is 7.48. The summed E-state index contributed by atoms with van der Waals surface area (Å²) >= 11 is 4.33. The predicted octanol–water partition coefficient (Wildman–Crippen LogP) is 4.80. The molecule has 114 valence electrons. The maximum absolute atomic E-state index is 5.92. The van der Waals surface area contributed by atoms with Gasteiger partial charge in [-0.2, -0.15) is 0 Å². The number of hydrogen-bond donors (Lipinski definition) is 1. The summed E-state index contributed by atoms with van der Waals surface area (Å²) in [4.78, 5) is 0. The zero-order valence-electron chi connectivity index (χ0n) is 13.0. The molecule has 0 aromatic heterocycles. The summed E-state index contributed by atoms with van der Waals surface area (Å²) in [6.07, 6.45) is 4.81. The Balaban J connectivity index is 2.23. The summed E-state index contributed by atoms with van der Waals surface area (Å²) in [6, 6.07) is 11.7. The minimum Gasteiger partial charge on any atom is -0.395 e. The van der Waals surface area contributed by atoms with E-state index in [4.69, 9.17) is 8.85 Å². The molecule has 0 saturated heterocycles. The quantitative estimate of drug-likeness (QED) is 0.289. The molecule has 0 amide bonds. The highest BCUT2D eigenvalue weighted by Gasteiger charge is 2.31. The number of unbranched alkanes of at least 4 members (excludes halogenated alkanes) is 2. The van der Waals surface area contributed by atoms with Crippen LogP contribution >= 0.6 is 12.6 Å². The normalized spacial score (nSPS) is 15.8. The minimum atomic E-state index is -2.02. The molecule has 0 saturated carbocycles. The average Bonchev–Trinajstić information content (AvgIpc) is 2.39. The summed E-state index contributed by atoms with van der Waals surface area (Å²) in [7, 11) is -2.02. The van der Waals surface area contributed by atoms with Gasteiger partial charge in [0.25, 0.3) is 0 Å². The number of thiol groups is 1. The van der Waals surface area contributed by atoms with E-state index in [9.17, 15) is 0 Å². The van der Waals surface area contributed by atoms with Gasteiger partial charge in [-0.3, -0.25) is 0 Å². The molecule has 1 aromatic rings. The molecular weight excluding hydrogens is 284 g/mol. The van der Waals surface area contributed by atoms with E-state index >= 15 is 0 Å². The Bertz CT molecular complexity index is 359. The number of hydrogen-bond acceptors (Lipinski definition) is 3. The number of aryl methyl sites for hydroxylation is 1. The van der Waals surface area contributed by atoms with E-state index in [1.54, 1.807) is 0 Å². The van der Waals surface area contributed by atoms with Crippen LogP contribution in [0.1, 0.15) is 38.7 Å². The molecule has 0 fully saturated rings. The Morgan fingerprint density at radius 1 is 1.15 bits per heavy atom. The van der Waals surface area contributed by atoms with E-state index < -0.39 is 8.56 Å². The molecule has 0 aliphatic heterocycles. The highest BCUT2D eigenvalue weighted by molar-refractivity contribution is 7.80. The van der Waals surface area contributed by atoms with Crippen molar-refractivity contribution in [3.05, 3.63) is 35.9 Å². The van der Waals surface area contributed by atoms with Gasteiger partial charge in [0, 0.05) is 6.61 Å². The molecule has 0 radical (unpaired) electrons. The average molecular weight is 313 g/mol. The molecule has 1 aromatic carbocycles. The first kappa shape index (κ1) is 17.8. The van der Waals surface area contributed by atoms with Gasteiger partial charge in [-0.05, 0) is 44.8 Å². The van der Waals surface area contributed by atoms with Gasteiger partial charge < -0.3 is 8.85 Å². The largest absolute Gasteiger partial charge is 0.395 e. The van der Waals surface area contributed by atoms with E-state index in [-0.39, 0.29) is 5.44 Å². The maximum Gasteiger partial charge on any atom is 0.335 e. The molecule has 0 N–H and O–H groups in total. The number of benzene rings is 1. The smallest absolute Gasteiger partial charge is 0.335 e. The molecule has 0 aliphatic carbocycles. The van der Waals surface area contributed by atoms with Crippen LogP contribution in [-0.4, -0.2) is 20.6 Å². The molecule has 2 unspecified atom stereocenters. The van der Waals surface area contributed by atoms with E-state index in [1.807, 2.05) is 13.8 Å². The molecule has 4 heteroatoms. The van der Waals surface area contributed by atoms with Crippen LogP contribution in [0.3, 0.4) is 0 Å². The summed E-state index contributed by atoms with van der Waals surface area (Å²) in [5, 5.41) is 0. The van der Waals surface area contributed by atoms with Crippen LogP contribution in [0.25, 0.3) is 0 Å². The van der Waals surface area contributed by atoms with Crippen molar-refractivity contribution in [1.82, 2.24) is 0 Å². The zero-order valence-corrected chi connectivity index (χ0v) is 14.9. The van der Waals surface area contributed by atoms with Gasteiger partial charge in [-0.25, -0.2) is 0 Å². The second-order valence-corrected chi connectivity index (χ2v) is 9.35. The van der Waals surface area contributed by atoms with Gasteiger partial charge in [0.15, 0.2) is 0 Å². The van der Waals surface area contributed by atoms with Crippen LogP contribution in [0.5, 0.6) is 0 Å². The van der Waals surface area contributed by atoms with Crippen molar-refractivity contribution in [2.45, 2.75) is 57.6 Å². The van der Waals surface area contributed by atoms with Crippen molar-refractivity contribution in [2.24, 2.45) is 0 Å². The van der Waals surface area contributed by atoms with Crippen LogP contribution in [0, 0.1) is 0 Å². The molecular formula is C16H28O2SSi. The third-order valence-corrected chi connectivity index (χ3v) is 6.63. The predicted molar refractivity (Wildman–Crippen MR) is 91.6 cm³/mol. The monoisotopic (exact) mass is 312 g/mol. The van der Waals surface area contributed by atoms with Crippen molar-refractivity contribution in [3.8, 4) is 0 Å². The fourth-order valence-electron chi connectivity index (χ4n) is 2.43. The lowest BCUT2D eigenvalue weighted by molar-refractivity contribution is 0.174. The standard InChI is InChI=1S/C16H28O2SSi/c1-4-17-20(3,18-15(2)19)14-10-6-9-13-16-11-7-5-8-12-16/h5,7-8,11-12,15,19H,4,6,9-10,13-14H2,1-3H3. The minimum absolute atomic E-state index is 0.0393. The molecule has 2 atom stereocenters. The van der Waals surface area contributed by atoms with Gasteiger partial charge >= 0.3 is 8.56 Å². The molecule has 0 bridgehead atoms. The third-order valence-electron chi connectivity index (χ3n) is 3.31. The Morgan fingerprint density at radius 2 is 1.85 bits per heavy atom. The van der Waals surface area contributed by atoms with Crippen molar-refractivity contribution < 1.29 is 8.85 Å². The Hall–Kier alpha value is -0.293. The highest BCUT2D eigenvalue weighted by Crippen LogP contribution is 2.21. The second kappa shape index (κ2) is 9.61. The Morgan fingerprint density at radius 3 is 2.45 bits per heavy atom. The first-order valence-electron chi connectivity index (χ1n) is 7.59. The van der Waals surface area contributed by atoms with Crippen LogP contribution in [0.15, 0.2) is 30.3 Å². The Kier molecular flexibility index (Phi) is 8.53. The van der Waals surface area contributed by atoms with Crippen molar-refractivity contribution in [2.75, 3.05) is 6.61 Å². The molecule has 0 heterocycles. The summed E-state index contributed by atoms with van der Waals surface area (Å²) in [5.74, 6) is 0. The lowest BCUT2D eigenvalue weighted by atomic mass is 10.1. The van der Waals surface area contributed by atoms with Crippen LogP contribution < -0.4 is 0 Å². The first-order valence-corrected chi connectivity index (χ1v) is 10.6. The highest BCUT2D eigenvalue weighted by atomic mass is 32.1. The topological polar surface area (TPSA) is 18.5 Å². The molecule has 0 spiro atoms. The van der Waals surface area contributed by atoms with Crippen LogP contribution in [0.2, 0.25) is 12.6 Å². The van der Waals surface area contributed by atoms with Gasteiger partial charge in [0.1, 0.15) is 0 Å². The van der Waals surface area contributed by atoms with E-state index in [1.165, 1.54) is 24.8 Å². The van der Waals surface area contributed by atoms with Gasteiger partial charge in [-0.15, -0.1) is 12.6 Å². The lowest BCUT2D eigenvalue weighted by Gasteiger charge is -2.28. The zero-order chi connectivity index (χ0) is 14.8. The van der Waals surface area contributed by atoms with E-state index in [0.717, 1.165) is 19.1 Å². The summed E-state index contributed by atoms with van der Waals surface area (Å²) in [6.45, 7) is 6.88. The van der Waals surface area contributed by atoms with Gasteiger partial charge in [-0.1, -0.05) is 43.2 Å². The van der Waals surface area contributed by atoms with Crippen molar-refractivity contribution in [3.63, 3.8) is 0 Å². The van der Waals surface area contributed by atoms with Crippen molar-refractivity contribution in [1.29, 1.82) is 0 Å². The first-order chi connectivity index (χ1) is 9.56. The second-order valence-electron chi connectivity index (χ2n) is 5.33. The number of rotatable bonds is 10. The molecule has 0 aliphatic rings. The van der Waals surface area contributed by atoms with Crippen molar-refractivity contribution >= 4 is 21.2 Å². The Labute approximate surface area is 130 Å². The molecule has 20 heavy (non-hydrogen) atoms. The maximum atomic E-state index is 5.92. The van der Waals surface area contributed by atoms with Crippen LogP contribution in [0.4, 0.5) is 0 Å². The van der Waals surface area contributed by atoms with Gasteiger partial charge in [0.2, 0.25) is 0 Å². The summed E-state index contributed by atoms with van der Waals surface area (Å²) < 4.78 is 11.8. The molecule has 2 nitrogen and oxygen atoms in total. The lowest BCUT2D eigenvalue weighted by Crippen LogP contribution is -2.40. The van der Waals surface area contributed by atoms with E-state index in [2.05, 4.69) is 49.5 Å². The van der Waals surface area contributed by atoms with Gasteiger partial charge in [0.05, 0.1) is 5.44 Å². The SMILES string of the molecule is CCO[Si](C)(CCCCCc1ccccc1)OC(C)S. The molecule has 1 rings (SSSR count). The summed E-state index contributed by atoms with van der Waals surface area (Å²) in [5.41, 5.74) is 1.39. The van der Waals surface area contributed by atoms with E-state index in [0.29, 0.717) is 0 Å². The fraction of sp³-hybridized carbons (Fsp3) is 0.625. The fourth-order valence-corrected chi connectivity index (χ4v) is 5.65. The van der Waals surface area contributed by atoms with Crippen LogP contribution in [-0.2, 0) is 15.3 Å².